The first-order valence-corrected chi connectivity index (χ1v) is 8.73. The molecule has 1 aliphatic heterocycles. The van der Waals surface area contributed by atoms with Gasteiger partial charge in [-0.2, -0.15) is 10.4 Å². The fraction of sp³-hybridized carbons (Fsp3) is 0.389. The molecular formula is C18H21FN6O4. The number of carbonyl (C=O) groups is 3. The summed E-state index contributed by atoms with van der Waals surface area (Å²) < 4.78 is 19.9. The van der Waals surface area contributed by atoms with Crippen LogP contribution in [0.3, 0.4) is 0 Å². The summed E-state index contributed by atoms with van der Waals surface area (Å²) in [4.78, 5) is 36.4. The fourth-order valence-electron chi connectivity index (χ4n) is 2.64. The van der Waals surface area contributed by atoms with Crippen molar-refractivity contribution in [2.24, 2.45) is 5.10 Å². The van der Waals surface area contributed by atoms with Crippen LogP contribution in [0.25, 0.3) is 0 Å². The smallest absolute Gasteiger partial charge is 0.234 e. The molecule has 0 bridgehead atoms. The van der Waals surface area contributed by atoms with Crippen molar-refractivity contribution in [1.29, 1.82) is 5.26 Å². The molecule has 10 nitrogen and oxygen atoms in total. The van der Waals surface area contributed by atoms with E-state index in [4.69, 9.17) is 10.00 Å². The first kappa shape index (κ1) is 21.8. The standard InChI is InChI=1S/C18H21FN6O4/c1-29-15(9-21-18(28)4-5-20)10-24(12-26)14-2-3-17(16(19)8-14)23-6-7-25(13-27)22-11-23/h2-3,8,11-13,15H,4,6-7,9-10H2,1H3,(H,21,28)/t15-/m0/s1. The van der Waals surface area contributed by atoms with E-state index in [9.17, 15) is 18.8 Å². The Kier molecular flexibility index (Phi) is 8.05. The van der Waals surface area contributed by atoms with Crippen molar-refractivity contribution in [2.45, 2.75) is 12.5 Å². The molecule has 1 N–H and O–H groups in total. The Hall–Kier alpha value is -3.52. The summed E-state index contributed by atoms with van der Waals surface area (Å²) in [5, 5.41) is 16.1. The van der Waals surface area contributed by atoms with Crippen LogP contribution < -0.4 is 15.1 Å². The molecular weight excluding hydrogens is 383 g/mol. The second-order valence-electron chi connectivity index (χ2n) is 6.08. The zero-order valence-corrected chi connectivity index (χ0v) is 15.8. The number of amides is 3. The lowest BCUT2D eigenvalue weighted by Crippen LogP contribution is -2.41. The molecule has 29 heavy (non-hydrogen) atoms. The van der Waals surface area contributed by atoms with Crippen molar-refractivity contribution in [3.63, 3.8) is 0 Å². The van der Waals surface area contributed by atoms with E-state index >= 15 is 0 Å². The number of hydrogen-bond donors (Lipinski definition) is 1. The summed E-state index contributed by atoms with van der Waals surface area (Å²) in [6.45, 7) is 0.878. The molecule has 0 saturated carbocycles. The van der Waals surface area contributed by atoms with Gasteiger partial charge in [0.2, 0.25) is 18.7 Å². The van der Waals surface area contributed by atoms with Gasteiger partial charge in [0.05, 0.1) is 31.0 Å². The van der Waals surface area contributed by atoms with Crippen LogP contribution in [-0.4, -0.2) is 69.5 Å². The topological polar surface area (TPSA) is 118 Å². The monoisotopic (exact) mass is 404 g/mol. The highest BCUT2D eigenvalue weighted by atomic mass is 19.1. The molecule has 0 aliphatic carbocycles. The third-order valence-corrected chi connectivity index (χ3v) is 4.23. The average molecular weight is 404 g/mol. The summed E-state index contributed by atoms with van der Waals surface area (Å²) in [5.74, 6) is -1.00. The molecule has 1 atom stereocenters. The second kappa shape index (κ2) is 10.7. The highest BCUT2D eigenvalue weighted by molar-refractivity contribution is 5.83. The minimum atomic E-state index is -0.559. The Balaban J connectivity index is 2.06. The highest BCUT2D eigenvalue weighted by Crippen LogP contribution is 2.25. The van der Waals surface area contributed by atoms with Crippen LogP contribution in [-0.2, 0) is 19.1 Å². The molecule has 0 fully saturated rings. The van der Waals surface area contributed by atoms with Gasteiger partial charge in [-0.3, -0.25) is 14.4 Å². The molecule has 1 aromatic carbocycles. The third-order valence-electron chi connectivity index (χ3n) is 4.23. The van der Waals surface area contributed by atoms with E-state index in [0.29, 0.717) is 31.6 Å². The molecule has 11 heteroatoms. The van der Waals surface area contributed by atoms with Crippen molar-refractivity contribution in [1.82, 2.24) is 10.3 Å². The number of hydrogen-bond acceptors (Lipinski definition) is 7. The van der Waals surface area contributed by atoms with Gasteiger partial charge in [0.1, 0.15) is 18.6 Å². The van der Waals surface area contributed by atoms with Crippen LogP contribution in [0, 0.1) is 17.1 Å². The SMILES string of the molecule is CO[C@@H](CNC(=O)CC#N)CN(C=O)c1ccc(N2C=NN(C=O)CC2)c(F)c1. The van der Waals surface area contributed by atoms with E-state index in [2.05, 4.69) is 10.4 Å². The average Bonchev–Trinajstić information content (AvgIpc) is 2.74. The summed E-state index contributed by atoms with van der Waals surface area (Å²) in [6, 6.07) is 6.04. The van der Waals surface area contributed by atoms with Crippen LogP contribution in [0.1, 0.15) is 6.42 Å². The highest BCUT2D eigenvalue weighted by Gasteiger charge is 2.19. The van der Waals surface area contributed by atoms with Crippen LogP contribution in [0.4, 0.5) is 15.8 Å². The number of ether oxygens (including phenoxy) is 1. The number of carbonyl (C=O) groups excluding carboxylic acids is 3. The summed E-state index contributed by atoms with van der Waals surface area (Å²) in [5.41, 5.74) is 0.580. The number of hydrazone groups is 1. The van der Waals surface area contributed by atoms with Crippen LogP contribution in [0.15, 0.2) is 23.3 Å². The minimum Gasteiger partial charge on any atom is -0.378 e. The molecule has 1 heterocycles. The second-order valence-corrected chi connectivity index (χ2v) is 6.08. The van der Waals surface area contributed by atoms with E-state index in [0.717, 1.165) is 0 Å². The Morgan fingerprint density at radius 2 is 2.28 bits per heavy atom. The quantitative estimate of drug-likeness (QED) is 0.551. The lowest BCUT2D eigenvalue weighted by atomic mass is 10.2. The van der Waals surface area contributed by atoms with Gasteiger partial charge in [-0.25, -0.2) is 9.40 Å². The number of benzene rings is 1. The van der Waals surface area contributed by atoms with Gasteiger partial charge < -0.3 is 19.9 Å². The maximum absolute atomic E-state index is 14.6. The predicted octanol–water partition coefficient (Wildman–Crippen LogP) is 0.0551. The molecule has 3 amide bonds. The first-order chi connectivity index (χ1) is 14.0. The molecule has 0 saturated heterocycles. The van der Waals surface area contributed by atoms with Gasteiger partial charge in [0.15, 0.2) is 0 Å². The van der Waals surface area contributed by atoms with Gasteiger partial charge in [0, 0.05) is 25.9 Å². The van der Waals surface area contributed by atoms with E-state index < -0.39 is 17.8 Å². The maximum Gasteiger partial charge on any atom is 0.234 e. The molecule has 0 unspecified atom stereocenters. The lowest BCUT2D eigenvalue weighted by molar-refractivity contribution is -0.120. The lowest BCUT2D eigenvalue weighted by Gasteiger charge is -2.28. The minimum absolute atomic E-state index is 0.0745. The van der Waals surface area contributed by atoms with E-state index in [1.165, 1.54) is 35.5 Å². The Labute approximate surface area is 167 Å². The first-order valence-electron chi connectivity index (χ1n) is 8.73. The number of nitriles is 1. The Bertz CT molecular complexity index is 812. The molecule has 154 valence electrons. The van der Waals surface area contributed by atoms with E-state index in [1.807, 2.05) is 0 Å². The molecule has 0 aromatic heterocycles. The summed E-state index contributed by atoms with van der Waals surface area (Å²) in [6.07, 6.45) is 1.67. The van der Waals surface area contributed by atoms with Crippen LogP contribution in [0.5, 0.6) is 0 Å². The van der Waals surface area contributed by atoms with Crippen molar-refractivity contribution < 1.29 is 23.5 Å². The molecule has 1 aromatic rings. The van der Waals surface area contributed by atoms with Gasteiger partial charge in [-0.1, -0.05) is 0 Å². The van der Waals surface area contributed by atoms with Crippen molar-refractivity contribution in [3.8, 4) is 6.07 Å². The van der Waals surface area contributed by atoms with Gasteiger partial charge >= 0.3 is 0 Å². The Morgan fingerprint density at radius 3 is 2.83 bits per heavy atom. The number of nitrogens with zero attached hydrogens (tertiary/aromatic N) is 5. The van der Waals surface area contributed by atoms with E-state index in [1.54, 1.807) is 17.0 Å². The van der Waals surface area contributed by atoms with Gasteiger partial charge in [-0.05, 0) is 18.2 Å². The molecule has 0 spiro atoms. The predicted molar refractivity (Wildman–Crippen MR) is 102 cm³/mol. The van der Waals surface area contributed by atoms with Crippen LogP contribution >= 0.6 is 0 Å². The number of anilines is 2. The third kappa shape index (κ3) is 5.98. The van der Waals surface area contributed by atoms with Crippen LogP contribution in [0.2, 0.25) is 0 Å². The Morgan fingerprint density at radius 1 is 1.48 bits per heavy atom. The van der Waals surface area contributed by atoms with E-state index in [-0.39, 0.29) is 25.2 Å². The molecule has 0 radical (unpaired) electrons. The number of methoxy groups -OCH3 is 1. The summed E-state index contributed by atoms with van der Waals surface area (Å²) >= 11 is 0. The number of halogens is 1. The van der Waals surface area contributed by atoms with Crippen molar-refractivity contribution >= 4 is 36.4 Å². The zero-order chi connectivity index (χ0) is 21.2. The number of rotatable bonds is 10. The van der Waals surface area contributed by atoms with Crippen molar-refractivity contribution in [2.75, 3.05) is 43.1 Å². The molecule has 1 aliphatic rings. The largest absolute Gasteiger partial charge is 0.378 e. The molecule has 2 rings (SSSR count). The summed E-state index contributed by atoms with van der Waals surface area (Å²) in [7, 11) is 1.42. The maximum atomic E-state index is 14.6. The zero-order valence-electron chi connectivity index (χ0n) is 15.8. The van der Waals surface area contributed by atoms with Gasteiger partial charge in [0.25, 0.3) is 0 Å². The van der Waals surface area contributed by atoms with Crippen molar-refractivity contribution in [3.05, 3.63) is 24.0 Å². The fourth-order valence-corrected chi connectivity index (χ4v) is 2.64. The number of nitrogens with one attached hydrogen (secondary N) is 1. The normalized spacial score (nSPS) is 14.1. The van der Waals surface area contributed by atoms with Gasteiger partial charge in [-0.15, -0.1) is 0 Å².